The van der Waals surface area contributed by atoms with Gasteiger partial charge in [0.2, 0.25) is 0 Å². The SMILES string of the molecule is N#Cc1ccc(C(=O)NC(c2ccc(C(F)(F)F)cc2)c2ncccc2F)cc1. The zero-order valence-electron chi connectivity index (χ0n) is 14.7. The summed E-state index contributed by atoms with van der Waals surface area (Å²) in [5.74, 6) is -1.30. The highest BCUT2D eigenvalue weighted by Gasteiger charge is 2.31. The molecule has 1 N–H and O–H groups in total. The second kappa shape index (κ2) is 8.10. The van der Waals surface area contributed by atoms with E-state index in [-0.39, 0.29) is 16.8 Å². The topological polar surface area (TPSA) is 65.8 Å². The lowest BCUT2D eigenvalue weighted by Crippen LogP contribution is -2.30. The Morgan fingerprint density at radius 2 is 1.69 bits per heavy atom. The van der Waals surface area contributed by atoms with Gasteiger partial charge >= 0.3 is 6.18 Å². The van der Waals surface area contributed by atoms with Crippen molar-refractivity contribution in [1.29, 1.82) is 5.26 Å². The molecule has 0 spiro atoms. The third-order valence-electron chi connectivity index (χ3n) is 4.18. The number of hydrogen-bond donors (Lipinski definition) is 1. The van der Waals surface area contributed by atoms with Gasteiger partial charge in [-0.2, -0.15) is 18.4 Å². The number of nitrogens with zero attached hydrogens (tertiary/aromatic N) is 2. The molecule has 0 aliphatic carbocycles. The average Bonchev–Trinajstić information content (AvgIpc) is 2.72. The second-order valence-electron chi connectivity index (χ2n) is 6.09. The largest absolute Gasteiger partial charge is 0.416 e. The van der Waals surface area contributed by atoms with Crippen LogP contribution in [0.15, 0.2) is 66.9 Å². The van der Waals surface area contributed by atoms with E-state index in [1.165, 1.54) is 48.7 Å². The molecule has 146 valence electrons. The highest BCUT2D eigenvalue weighted by Crippen LogP contribution is 2.31. The quantitative estimate of drug-likeness (QED) is 0.651. The minimum absolute atomic E-state index is 0.130. The van der Waals surface area contributed by atoms with Gasteiger partial charge in [-0.3, -0.25) is 9.78 Å². The lowest BCUT2D eigenvalue weighted by Gasteiger charge is -2.20. The van der Waals surface area contributed by atoms with Crippen molar-refractivity contribution in [3.05, 3.63) is 101 Å². The summed E-state index contributed by atoms with van der Waals surface area (Å²) in [6.07, 6.45) is -3.20. The van der Waals surface area contributed by atoms with Gasteiger partial charge in [-0.15, -0.1) is 0 Å². The minimum atomic E-state index is -4.52. The Kier molecular flexibility index (Phi) is 5.59. The van der Waals surface area contributed by atoms with Crippen molar-refractivity contribution in [2.24, 2.45) is 0 Å². The van der Waals surface area contributed by atoms with Crippen molar-refractivity contribution in [3.63, 3.8) is 0 Å². The van der Waals surface area contributed by atoms with Crippen molar-refractivity contribution in [2.45, 2.75) is 12.2 Å². The average molecular weight is 399 g/mol. The number of amides is 1. The van der Waals surface area contributed by atoms with Gasteiger partial charge in [0.15, 0.2) is 0 Å². The molecule has 8 heteroatoms. The molecule has 0 radical (unpaired) electrons. The van der Waals surface area contributed by atoms with Gasteiger partial charge in [0.25, 0.3) is 5.91 Å². The second-order valence-corrected chi connectivity index (χ2v) is 6.09. The van der Waals surface area contributed by atoms with E-state index < -0.39 is 29.5 Å². The summed E-state index contributed by atoms with van der Waals surface area (Å²) in [4.78, 5) is 16.6. The number of nitriles is 1. The molecule has 0 fully saturated rings. The van der Waals surface area contributed by atoms with Crippen molar-refractivity contribution < 1.29 is 22.4 Å². The van der Waals surface area contributed by atoms with Crippen LogP contribution in [0.4, 0.5) is 17.6 Å². The van der Waals surface area contributed by atoms with Gasteiger partial charge in [-0.25, -0.2) is 4.39 Å². The molecule has 1 unspecified atom stereocenters. The van der Waals surface area contributed by atoms with E-state index in [9.17, 15) is 22.4 Å². The van der Waals surface area contributed by atoms with E-state index >= 15 is 0 Å². The zero-order chi connectivity index (χ0) is 21.0. The summed E-state index contributed by atoms with van der Waals surface area (Å²) in [6.45, 7) is 0. The van der Waals surface area contributed by atoms with E-state index in [1.807, 2.05) is 6.07 Å². The predicted molar refractivity (Wildman–Crippen MR) is 96.1 cm³/mol. The van der Waals surface area contributed by atoms with E-state index in [0.29, 0.717) is 5.56 Å². The van der Waals surface area contributed by atoms with E-state index in [4.69, 9.17) is 5.26 Å². The Hall–Kier alpha value is -3.73. The molecule has 3 rings (SSSR count). The summed E-state index contributed by atoms with van der Waals surface area (Å²) >= 11 is 0. The van der Waals surface area contributed by atoms with Crippen molar-refractivity contribution in [3.8, 4) is 6.07 Å². The minimum Gasteiger partial charge on any atom is -0.339 e. The number of carbonyl (C=O) groups is 1. The molecule has 0 saturated carbocycles. The first-order valence-electron chi connectivity index (χ1n) is 8.38. The lowest BCUT2D eigenvalue weighted by atomic mass is 10.00. The number of rotatable bonds is 4. The predicted octanol–water partition coefficient (Wildman–Crippen LogP) is 4.63. The fourth-order valence-corrected chi connectivity index (χ4v) is 2.69. The highest BCUT2D eigenvalue weighted by atomic mass is 19.4. The summed E-state index contributed by atoms with van der Waals surface area (Å²) in [5, 5.41) is 11.4. The van der Waals surface area contributed by atoms with Gasteiger partial charge in [0, 0.05) is 11.8 Å². The number of pyridine rings is 1. The van der Waals surface area contributed by atoms with Crippen LogP contribution in [0.2, 0.25) is 0 Å². The molecule has 2 aromatic carbocycles. The number of aromatic nitrogens is 1. The Morgan fingerprint density at radius 1 is 1.03 bits per heavy atom. The first-order valence-corrected chi connectivity index (χ1v) is 8.38. The molecular weight excluding hydrogens is 386 g/mol. The normalized spacial score (nSPS) is 12.1. The Labute approximate surface area is 163 Å². The molecule has 3 aromatic rings. The highest BCUT2D eigenvalue weighted by molar-refractivity contribution is 5.94. The summed E-state index contributed by atoms with van der Waals surface area (Å²) in [5.41, 5.74) is -0.194. The number of alkyl halides is 3. The molecular formula is C21H13F4N3O. The third kappa shape index (κ3) is 4.58. The maximum Gasteiger partial charge on any atom is 0.416 e. The molecule has 4 nitrogen and oxygen atoms in total. The molecule has 1 atom stereocenters. The fraction of sp³-hybridized carbons (Fsp3) is 0.0952. The van der Waals surface area contributed by atoms with Gasteiger partial charge < -0.3 is 5.32 Å². The van der Waals surface area contributed by atoms with Gasteiger partial charge in [-0.1, -0.05) is 12.1 Å². The number of benzene rings is 2. The Bertz CT molecular complexity index is 1060. The van der Waals surface area contributed by atoms with Crippen molar-refractivity contribution in [1.82, 2.24) is 10.3 Å². The fourth-order valence-electron chi connectivity index (χ4n) is 2.69. The van der Waals surface area contributed by atoms with Crippen LogP contribution >= 0.6 is 0 Å². The Balaban J connectivity index is 1.96. The van der Waals surface area contributed by atoms with E-state index in [0.717, 1.165) is 18.2 Å². The van der Waals surface area contributed by atoms with Crippen molar-refractivity contribution >= 4 is 5.91 Å². The maximum absolute atomic E-state index is 14.3. The molecule has 0 aliphatic heterocycles. The molecule has 29 heavy (non-hydrogen) atoms. The van der Waals surface area contributed by atoms with Gasteiger partial charge in [-0.05, 0) is 54.1 Å². The van der Waals surface area contributed by atoms with Crippen LogP contribution in [-0.4, -0.2) is 10.9 Å². The summed E-state index contributed by atoms with van der Waals surface area (Å²) < 4.78 is 52.8. The molecule has 1 heterocycles. The van der Waals surface area contributed by atoms with Gasteiger partial charge in [0.05, 0.1) is 23.2 Å². The zero-order valence-corrected chi connectivity index (χ0v) is 14.7. The lowest BCUT2D eigenvalue weighted by molar-refractivity contribution is -0.137. The smallest absolute Gasteiger partial charge is 0.339 e. The van der Waals surface area contributed by atoms with Crippen LogP contribution in [0, 0.1) is 17.1 Å². The number of carbonyl (C=O) groups excluding carboxylic acids is 1. The van der Waals surface area contributed by atoms with Crippen molar-refractivity contribution in [2.75, 3.05) is 0 Å². The molecule has 0 saturated heterocycles. The van der Waals surface area contributed by atoms with E-state index in [1.54, 1.807) is 0 Å². The first kappa shape index (κ1) is 20.0. The van der Waals surface area contributed by atoms with Crippen LogP contribution < -0.4 is 5.32 Å². The van der Waals surface area contributed by atoms with Crippen LogP contribution in [-0.2, 0) is 6.18 Å². The van der Waals surface area contributed by atoms with Gasteiger partial charge in [0.1, 0.15) is 11.5 Å². The maximum atomic E-state index is 14.3. The summed E-state index contributed by atoms with van der Waals surface area (Å²) in [6, 6.07) is 13.1. The first-order chi connectivity index (χ1) is 13.8. The molecule has 1 aromatic heterocycles. The number of nitrogens with one attached hydrogen (secondary N) is 1. The molecule has 0 bridgehead atoms. The molecule has 1 amide bonds. The van der Waals surface area contributed by atoms with Crippen LogP contribution in [0.25, 0.3) is 0 Å². The summed E-state index contributed by atoms with van der Waals surface area (Å²) in [7, 11) is 0. The van der Waals surface area contributed by atoms with E-state index in [2.05, 4.69) is 10.3 Å². The van der Waals surface area contributed by atoms with Crippen LogP contribution in [0.3, 0.4) is 0 Å². The standard InChI is InChI=1S/C21H13F4N3O/c22-17-2-1-11-27-19(17)18(14-7-9-16(10-8-14)21(23,24)25)28-20(29)15-5-3-13(12-26)4-6-15/h1-11,18H,(H,28,29). The number of hydrogen-bond acceptors (Lipinski definition) is 3. The number of halogens is 4. The van der Waals surface area contributed by atoms with Crippen LogP contribution in [0.1, 0.15) is 38.8 Å². The third-order valence-corrected chi connectivity index (χ3v) is 4.18. The monoisotopic (exact) mass is 399 g/mol. The molecule has 0 aliphatic rings. The Morgan fingerprint density at radius 3 is 2.24 bits per heavy atom. The van der Waals surface area contributed by atoms with Crippen LogP contribution in [0.5, 0.6) is 0 Å².